The molecule has 1 amide bonds. The van der Waals surface area contributed by atoms with E-state index >= 15 is 0 Å². The molecule has 0 saturated heterocycles. The minimum Gasteiger partial charge on any atom is -0.496 e. The molecule has 0 aliphatic carbocycles. The van der Waals surface area contributed by atoms with Crippen LogP contribution in [-0.2, 0) is 9.53 Å². The standard InChI is InChI=1S/C18H18F3N3O4/c1-11-7-6-10-14(22-11)23-17(16(26)28-3,18(19,20)21)24-15(25)12-8-4-5-9-13(12)27-2/h4-10H,1-3H3,(H,22,23)(H,24,25)/p+1/t17-/m0/s1. The Kier molecular flexibility index (Phi) is 6.12. The quantitative estimate of drug-likeness (QED) is 0.575. The van der Waals surface area contributed by atoms with Crippen LogP contribution in [0.25, 0.3) is 0 Å². The van der Waals surface area contributed by atoms with Gasteiger partial charge in [-0.3, -0.25) is 10.1 Å². The topological polar surface area (TPSA) is 90.8 Å². The molecule has 0 fully saturated rings. The fourth-order valence-electron chi connectivity index (χ4n) is 2.47. The number of aromatic nitrogens is 1. The van der Waals surface area contributed by atoms with Crippen molar-refractivity contribution in [2.75, 3.05) is 19.5 Å². The zero-order valence-corrected chi connectivity index (χ0v) is 15.3. The van der Waals surface area contributed by atoms with E-state index in [-0.39, 0.29) is 17.1 Å². The van der Waals surface area contributed by atoms with Crippen molar-refractivity contribution in [3.63, 3.8) is 0 Å². The molecule has 1 atom stereocenters. The Balaban J connectivity index is 2.53. The van der Waals surface area contributed by atoms with E-state index in [1.165, 1.54) is 37.4 Å². The Bertz CT molecular complexity index is 873. The molecule has 2 aromatic rings. The lowest BCUT2D eigenvalue weighted by Crippen LogP contribution is -2.69. The molecule has 0 radical (unpaired) electrons. The second kappa shape index (κ2) is 8.15. The third-order valence-electron chi connectivity index (χ3n) is 3.83. The number of H-pyrrole nitrogens is 1. The first-order chi connectivity index (χ1) is 13.1. The summed E-state index contributed by atoms with van der Waals surface area (Å²) in [5.41, 5.74) is -3.19. The van der Waals surface area contributed by atoms with Crippen LogP contribution in [0.3, 0.4) is 0 Å². The number of hydrogen-bond acceptors (Lipinski definition) is 5. The summed E-state index contributed by atoms with van der Waals surface area (Å²) in [6.07, 6.45) is -5.24. The molecule has 0 saturated carbocycles. The highest BCUT2D eigenvalue weighted by Crippen LogP contribution is 2.33. The number of methoxy groups -OCH3 is 2. The van der Waals surface area contributed by atoms with Crippen molar-refractivity contribution >= 4 is 17.7 Å². The number of esters is 1. The second-order valence-electron chi connectivity index (χ2n) is 5.77. The Morgan fingerprint density at radius 2 is 1.71 bits per heavy atom. The molecule has 0 bridgehead atoms. The highest BCUT2D eigenvalue weighted by atomic mass is 19.4. The number of para-hydroxylation sites is 1. The average Bonchev–Trinajstić information content (AvgIpc) is 2.65. The first-order valence-electron chi connectivity index (χ1n) is 8.02. The molecule has 150 valence electrons. The van der Waals surface area contributed by atoms with Crippen molar-refractivity contribution in [2.24, 2.45) is 0 Å². The van der Waals surface area contributed by atoms with Gasteiger partial charge in [0.05, 0.1) is 25.5 Å². The molecule has 1 aromatic carbocycles. The molecular formula is C18H19F3N3O4+. The monoisotopic (exact) mass is 398 g/mol. The van der Waals surface area contributed by atoms with Gasteiger partial charge in [0.1, 0.15) is 5.75 Å². The van der Waals surface area contributed by atoms with Gasteiger partial charge in [-0.2, -0.15) is 13.2 Å². The van der Waals surface area contributed by atoms with Gasteiger partial charge in [-0.15, -0.1) is 0 Å². The van der Waals surface area contributed by atoms with Crippen LogP contribution in [0.2, 0.25) is 0 Å². The Morgan fingerprint density at radius 3 is 2.29 bits per heavy atom. The highest BCUT2D eigenvalue weighted by Gasteiger charge is 2.67. The maximum Gasteiger partial charge on any atom is 0.464 e. The van der Waals surface area contributed by atoms with E-state index in [1.807, 2.05) is 5.32 Å². The van der Waals surface area contributed by atoms with Crippen LogP contribution < -0.4 is 20.4 Å². The van der Waals surface area contributed by atoms with Crippen molar-refractivity contribution in [1.29, 1.82) is 0 Å². The summed E-state index contributed by atoms with van der Waals surface area (Å²) in [7, 11) is 2.06. The van der Waals surface area contributed by atoms with Crippen LogP contribution in [0.4, 0.5) is 19.0 Å². The van der Waals surface area contributed by atoms with Crippen molar-refractivity contribution < 1.29 is 37.2 Å². The number of aryl methyl sites for hydroxylation is 1. The third kappa shape index (κ3) is 4.16. The Hall–Kier alpha value is -3.30. The molecular weight excluding hydrogens is 379 g/mol. The van der Waals surface area contributed by atoms with Gasteiger partial charge >= 0.3 is 17.8 Å². The molecule has 2 rings (SSSR count). The summed E-state index contributed by atoms with van der Waals surface area (Å²) in [5.74, 6) is -3.02. The molecule has 0 aliphatic rings. The molecule has 0 spiro atoms. The Labute approximate surface area is 158 Å². The largest absolute Gasteiger partial charge is 0.496 e. The van der Waals surface area contributed by atoms with E-state index in [0.29, 0.717) is 5.69 Å². The number of carbonyl (C=O) groups is 2. The molecule has 10 heteroatoms. The number of aromatic amines is 1. The fourth-order valence-corrected chi connectivity index (χ4v) is 2.47. The number of halogens is 3. The van der Waals surface area contributed by atoms with Crippen LogP contribution in [0.1, 0.15) is 16.1 Å². The normalized spacial score (nSPS) is 13.2. The SMILES string of the molecule is COC(=O)[C@@](NC(=O)c1ccccc1OC)(Nc1cccc(C)[nH+]1)C(F)(F)F. The lowest BCUT2D eigenvalue weighted by molar-refractivity contribution is -0.372. The van der Waals surface area contributed by atoms with Crippen LogP contribution >= 0.6 is 0 Å². The number of amides is 1. The third-order valence-corrected chi connectivity index (χ3v) is 3.83. The smallest absolute Gasteiger partial charge is 0.464 e. The zero-order valence-electron chi connectivity index (χ0n) is 15.3. The lowest BCUT2D eigenvalue weighted by atomic mass is 10.1. The van der Waals surface area contributed by atoms with Gasteiger partial charge in [0.15, 0.2) is 0 Å². The van der Waals surface area contributed by atoms with E-state index in [9.17, 15) is 22.8 Å². The average molecular weight is 398 g/mol. The molecule has 3 N–H and O–H groups in total. The van der Waals surface area contributed by atoms with E-state index in [1.54, 1.807) is 24.4 Å². The maximum atomic E-state index is 14.0. The lowest BCUT2D eigenvalue weighted by Gasteiger charge is -2.30. The fraction of sp³-hybridized carbons (Fsp3) is 0.278. The van der Waals surface area contributed by atoms with Crippen LogP contribution in [0, 0.1) is 6.92 Å². The maximum absolute atomic E-state index is 14.0. The van der Waals surface area contributed by atoms with Crippen molar-refractivity contribution in [3.8, 4) is 5.75 Å². The summed E-state index contributed by atoms with van der Waals surface area (Å²) in [6.45, 7) is 1.62. The highest BCUT2D eigenvalue weighted by molar-refractivity contribution is 6.01. The van der Waals surface area contributed by atoms with E-state index in [0.717, 1.165) is 7.11 Å². The summed E-state index contributed by atoms with van der Waals surface area (Å²) in [5, 5.41) is 3.76. The van der Waals surface area contributed by atoms with E-state index < -0.39 is 23.7 Å². The molecule has 1 aromatic heterocycles. The van der Waals surface area contributed by atoms with Gasteiger partial charge in [0.2, 0.25) is 0 Å². The number of hydrogen-bond donors (Lipinski definition) is 2. The number of pyridine rings is 1. The number of benzene rings is 1. The van der Waals surface area contributed by atoms with Gasteiger partial charge in [-0.1, -0.05) is 18.2 Å². The Morgan fingerprint density at radius 1 is 1.04 bits per heavy atom. The summed E-state index contributed by atoms with van der Waals surface area (Å²) < 4.78 is 51.5. The minimum atomic E-state index is -5.24. The first kappa shape index (κ1) is 21.0. The predicted molar refractivity (Wildman–Crippen MR) is 92.6 cm³/mol. The molecule has 28 heavy (non-hydrogen) atoms. The molecule has 7 nitrogen and oxygen atoms in total. The van der Waals surface area contributed by atoms with Gasteiger partial charge in [-0.25, -0.2) is 15.1 Å². The van der Waals surface area contributed by atoms with Gasteiger partial charge in [0.25, 0.3) is 11.7 Å². The first-order valence-corrected chi connectivity index (χ1v) is 8.02. The number of rotatable bonds is 6. The number of anilines is 1. The van der Waals surface area contributed by atoms with E-state index in [4.69, 9.17) is 4.74 Å². The summed E-state index contributed by atoms with van der Waals surface area (Å²) in [4.78, 5) is 27.5. The number of ether oxygens (including phenoxy) is 2. The zero-order chi connectivity index (χ0) is 20.9. The molecule has 1 heterocycles. The number of nitrogens with one attached hydrogen (secondary N) is 3. The van der Waals surface area contributed by atoms with Crippen molar-refractivity contribution in [2.45, 2.75) is 18.8 Å². The van der Waals surface area contributed by atoms with Crippen molar-refractivity contribution in [1.82, 2.24) is 5.32 Å². The van der Waals surface area contributed by atoms with Crippen LogP contribution in [-0.4, -0.2) is 37.9 Å². The molecule has 0 unspecified atom stereocenters. The van der Waals surface area contributed by atoms with Gasteiger partial charge < -0.3 is 9.47 Å². The van der Waals surface area contributed by atoms with Crippen LogP contribution in [0.5, 0.6) is 5.75 Å². The van der Waals surface area contributed by atoms with Crippen molar-refractivity contribution in [3.05, 3.63) is 53.7 Å². The van der Waals surface area contributed by atoms with Crippen LogP contribution in [0.15, 0.2) is 42.5 Å². The predicted octanol–water partition coefficient (Wildman–Crippen LogP) is 2.09. The summed E-state index contributed by atoms with van der Waals surface area (Å²) >= 11 is 0. The second-order valence-corrected chi connectivity index (χ2v) is 5.77. The summed E-state index contributed by atoms with van der Waals surface area (Å²) in [6, 6.07) is 10.1. The number of alkyl halides is 3. The van der Waals surface area contributed by atoms with Gasteiger partial charge in [0, 0.05) is 6.07 Å². The minimum absolute atomic E-state index is 0.0445. The van der Waals surface area contributed by atoms with Gasteiger partial charge in [-0.05, 0) is 25.1 Å². The molecule has 0 aliphatic heterocycles. The number of carbonyl (C=O) groups excluding carboxylic acids is 2. The van der Waals surface area contributed by atoms with E-state index in [2.05, 4.69) is 9.72 Å².